The average Bonchev–Trinajstić information content (AvgIpc) is 2.35. The second kappa shape index (κ2) is 5.64. The molecule has 0 spiro atoms. The Bertz CT molecular complexity index is 448. The van der Waals surface area contributed by atoms with Crippen molar-refractivity contribution in [3.8, 4) is 0 Å². The molecule has 0 unspecified atom stereocenters. The van der Waals surface area contributed by atoms with Crippen LogP contribution in [0, 0.1) is 0 Å². The zero-order valence-electron chi connectivity index (χ0n) is 9.57. The first-order chi connectivity index (χ1) is 7.92. The van der Waals surface area contributed by atoms with Gasteiger partial charge in [0.15, 0.2) is 0 Å². The smallest absolute Gasteiger partial charge is 0.0961 e. The predicted molar refractivity (Wildman–Crippen MR) is 67.5 cm³/mol. The average molecular weight is 215 g/mol. The predicted octanol–water partition coefficient (Wildman–Crippen LogP) is 2.58. The molecule has 2 rings (SSSR count). The first-order valence-electron chi connectivity index (χ1n) is 5.58. The molecule has 2 aromatic rings. The van der Waals surface area contributed by atoms with Crippen LogP contribution in [0.4, 0.5) is 0 Å². The van der Waals surface area contributed by atoms with Gasteiger partial charge in [-0.1, -0.05) is 42.5 Å². The molecule has 84 valence electrons. The normalized spacial score (nSPS) is 10.8. The Morgan fingerprint density at radius 3 is 2.75 bits per heavy atom. The molecule has 0 saturated carbocycles. The molecule has 16 heavy (non-hydrogen) atoms. The lowest BCUT2D eigenvalue weighted by molar-refractivity contribution is 0.176. The zero-order chi connectivity index (χ0) is 11.2. The summed E-state index contributed by atoms with van der Waals surface area (Å²) in [6.45, 7) is 1.56. The molecule has 0 atom stereocenters. The van der Waals surface area contributed by atoms with Crippen LogP contribution in [0.5, 0.6) is 0 Å². The van der Waals surface area contributed by atoms with Crippen LogP contribution in [-0.4, -0.2) is 20.4 Å². The van der Waals surface area contributed by atoms with Crippen molar-refractivity contribution in [2.24, 2.45) is 0 Å². The van der Waals surface area contributed by atoms with Crippen LogP contribution in [0.15, 0.2) is 42.5 Å². The van der Waals surface area contributed by atoms with Crippen molar-refractivity contribution in [1.29, 1.82) is 0 Å². The molecule has 0 saturated heterocycles. The van der Waals surface area contributed by atoms with E-state index in [-0.39, 0.29) is 0 Å². The van der Waals surface area contributed by atoms with Crippen molar-refractivity contribution in [3.63, 3.8) is 0 Å². The van der Waals surface area contributed by atoms with Gasteiger partial charge in [0.05, 0.1) is 6.73 Å². The molecule has 0 aliphatic heterocycles. The third-order valence-corrected chi connectivity index (χ3v) is 2.70. The third-order valence-electron chi connectivity index (χ3n) is 2.70. The molecule has 0 amide bonds. The lowest BCUT2D eigenvalue weighted by Crippen LogP contribution is -2.19. The Balaban J connectivity index is 2.11. The summed E-state index contributed by atoms with van der Waals surface area (Å²) in [6, 6.07) is 15.0. The van der Waals surface area contributed by atoms with Gasteiger partial charge in [0, 0.05) is 13.7 Å². The summed E-state index contributed by atoms with van der Waals surface area (Å²) in [4.78, 5) is 0. The Labute approximate surface area is 96.2 Å². The monoisotopic (exact) mass is 215 g/mol. The van der Waals surface area contributed by atoms with Crippen molar-refractivity contribution in [3.05, 3.63) is 48.0 Å². The molecule has 0 aliphatic carbocycles. The van der Waals surface area contributed by atoms with Crippen LogP contribution < -0.4 is 5.32 Å². The summed E-state index contributed by atoms with van der Waals surface area (Å²) in [6.07, 6.45) is 1.03. The van der Waals surface area contributed by atoms with Gasteiger partial charge in [-0.2, -0.15) is 0 Å². The summed E-state index contributed by atoms with van der Waals surface area (Å²) < 4.78 is 4.96. The first kappa shape index (κ1) is 11.1. The van der Waals surface area contributed by atoms with E-state index in [4.69, 9.17) is 4.74 Å². The Hall–Kier alpha value is -1.38. The van der Waals surface area contributed by atoms with Crippen LogP contribution in [0.2, 0.25) is 0 Å². The van der Waals surface area contributed by atoms with Crippen molar-refractivity contribution >= 4 is 10.8 Å². The Kier molecular flexibility index (Phi) is 3.91. The molecule has 0 bridgehead atoms. The standard InChI is InChI=1S/C14H17NO/c1-16-11-15-10-9-13-7-4-6-12-5-2-3-8-14(12)13/h2-8,15H,9-11H2,1H3. The number of nitrogens with one attached hydrogen (secondary N) is 1. The highest BCUT2D eigenvalue weighted by Gasteiger charge is 1.99. The minimum absolute atomic E-state index is 0.616. The van der Waals surface area contributed by atoms with Crippen LogP contribution in [0.25, 0.3) is 10.8 Å². The zero-order valence-corrected chi connectivity index (χ0v) is 9.57. The fraction of sp³-hybridized carbons (Fsp3) is 0.286. The van der Waals surface area contributed by atoms with Crippen molar-refractivity contribution in [2.75, 3.05) is 20.4 Å². The number of hydrogen-bond acceptors (Lipinski definition) is 2. The van der Waals surface area contributed by atoms with E-state index in [0.29, 0.717) is 6.73 Å². The summed E-state index contributed by atoms with van der Waals surface area (Å²) in [5.74, 6) is 0. The van der Waals surface area contributed by atoms with E-state index >= 15 is 0 Å². The van der Waals surface area contributed by atoms with E-state index in [2.05, 4.69) is 47.8 Å². The van der Waals surface area contributed by atoms with Crippen LogP contribution in [0.3, 0.4) is 0 Å². The number of rotatable bonds is 5. The maximum Gasteiger partial charge on any atom is 0.0961 e. The fourth-order valence-electron chi connectivity index (χ4n) is 1.91. The number of hydrogen-bond donors (Lipinski definition) is 1. The third kappa shape index (κ3) is 2.60. The topological polar surface area (TPSA) is 21.3 Å². The van der Waals surface area contributed by atoms with Gasteiger partial charge in [-0.25, -0.2) is 0 Å². The van der Waals surface area contributed by atoms with Gasteiger partial charge >= 0.3 is 0 Å². The quantitative estimate of drug-likeness (QED) is 0.611. The molecule has 2 heteroatoms. The maximum atomic E-state index is 4.96. The molecule has 2 aromatic carbocycles. The van der Waals surface area contributed by atoms with Gasteiger partial charge in [0.2, 0.25) is 0 Å². The molecule has 1 N–H and O–H groups in total. The largest absolute Gasteiger partial charge is 0.370 e. The molecular weight excluding hydrogens is 198 g/mol. The molecule has 0 fully saturated rings. The van der Waals surface area contributed by atoms with Crippen LogP contribution >= 0.6 is 0 Å². The molecule has 0 aliphatic rings. The van der Waals surface area contributed by atoms with E-state index in [1.807, 2.05) is 0 Å². The van der Waals surface area contributed by atoms with Crippen LogP contribution in [-0.2, 0) is 11.2 Å². The first-order valence-corrected chi connectivity index (χ1v) is 5.58. The van der Waals surface area contributed by atoms with E-state index in [1.54, 1.807) is 7.11 Å². The van der Waals surface area contributed by atoms with Gasteiger partial charge in [-0.15, -0.1) is 0 Å². The number of ether oxygens (including phenoxy) is 1. The van der Waals surface area contributed by atoms with Crippen molar-refractivity contribution < 1.29 is 4.74 Å². The van der Waals surface area contributed by atoms with Gasteiger partial charge in [0.1, 0.15) is 0 Å². The minimum Gasteiger partial charge on any atom is -0.370 e. The number of benzene rings is 2. The van der Waals surface area contributed by atoms with Gasteiger partial charge in [0.25, 0.3) is 0 Å². The highest BCUT2D eigenvalue weighted by Crippen LogP contribution is 2.18. The van der Waals surface area contributed by atoms with Crippen molar-refractivity contribution in [1.82, 2.24) is 5.32 Å². The van der Waals surface area contributed by atoms with E-state index in [9.17, 15) is 0 Å². The fourth-order valence-corrected chi connectivity index (χ4v) is 1.91. The Morgan fingerprint density at radius 1 is 1.06 bits per heavy atom. The van der Waals surface area contributed by atoms with E-state index in [1.165, 1.54) is 16.3 Å². The number of methoxy groups -OCH3 is 1. The lowest BCUT2D eigenvalue weighted by atomic mass is 10.0. The van der Waals surface area contributed by atoms with Crippen molar-refractivity contribution in [2.45, 2.75) is 6.42 Å². The second-order valence-corrected chi connectivity index (χ2v) is 3.82. The van der Waals surface area contributed by atoms with Gasteiger partial charge in [-0.3, -0.25) is 5.32 Å². The summed E-state index contributed by atoms with van der Waals surface area (Å²) in [7, 11) is 1.70. The molecule has 2 nitrogen and oxygen atoms in total. The lowest BCUT2D eigenvalue weighted by Gasteiger charge is -2.07. The van der Waals surface area contributed by atoms with E-state index in [0.717, 1.165) is 13.0 Å². The van der Waals surface area contributed by atoms with Gasteiger partial charge < -0.3 is 4.74 Å². The molecule has 0 heterocycles. The second-order valence-electron chi connectivity index (χ2n) is 3.82. The Morgan fingerprint density at radius 2 is 1.88 bits per heavy atom. The highest BCUT2D eigenvalue weighted by atomic mass is 16.5. The summed E-state index contributed by atoms with van der Waals surface area (Å²) in [5, 5.41) is 5.89. The van der Waals surface area contributed by atoms with Crippen LogP contribution in [0.1, 0.15) is 5.56 Å². The van der Waals surface area contributed by atoms with Gasteiger partial charge in [-0.05, 0) is 22.8 Å². The minimum atomic E-state index is 0.616. The summed E-state index contributed by atoms with van der Waals surface area (Å²) in [5.41, 5.74) is 1.39. The molecular formula is C14H17NO. The number of fused-ring (bicyclic) bond motifs is 1. The molecule has 0 radical (unpaired) electrons. The SMILES string of the molecule is COCNCCc1cccc2ccccc12. The molecule has 0 aromatic heterocycles. The highest BCUT2D eigenvalue weighted by molar-refractivity contribution is 5.85. The maximum absolute atomic E-state index is 4.96. The van der Waals surface area contributed by atoms with E-state index < -0.39 is 0 Å². The summed E-state index contributed by atoms with van der Waals surface area (Å²) >= 11 is 0.